The van der Waals surface area contributed by atoms with E-state index in [-0.39, 0.29) is 12.1 Å². The summed E-state index contributed by atoms with van der Waals surface area (Å²) in [5.74, 6) is -0.203. The Hall–Kier alpha value is -1.43. The van der Waals surface area contributed by atoms with Crippen LogP contribution in [-0.2, 0) is 11.2 Å². The van der Waals surface area contributed by atoms with Crippen LogP contribution in [0.3, 0.4) is 0 Å². The lowest BCUT2D eigenvalue weighted by Gasteiger charge is -1.87. The SMILES string of the molecule is O=[N+]([O-])c1ncc(CC2CO2)[nH]1. The molecule has 1 aromatic rings. The van der Waals surface area contributed by atoms with Gasteiger partial charge in [0.2, 0.25) is 0 Å². The summed E-state index contributed by atoms with van der Waals surface area (Å²) in [5, 5.41) is 10.2. The Morgan fingerprint density at radius 3 is 3.17 bits per heavy atom. The van der Waals surface area contributed by atoms with E-state index in [2.05, 4.69) is 9.97 Å². The van der Waals surface area contributed by atoms with E-state index >= 15 is 0 Å². The molecule has 6 heteroatoms. The normalized spacial score (nSPS) is 20.8. The molecule has 6 nitrogen and oxygen atoms in total. The van der Waals surface area contributed by atoms with Crippen LogP contribution in [0, 0.1) is 10.1 Å². The van der Waals surface area contributed by atoms with Crippen molar-refractivity contribution in [3.63, 3.8) is 0 Å². The number of imidazole rings is 1. The highest BCUT2D eigenvalue weighted by Gasteiger charge is 2.25. The van der Waals surface area contributed by atoms with E-state index in [9.17, 15) is 10.1 Å². The number of H-pyrrole nitrogens is 1. The first kappa shape index (κ1) is 7.23. The van der Waals surface area contributed by atoms with Crippen LogP contribution in [-0.4, -0.2) is 27.6 Å². The number of nitro groups is 1. The van der Waals surface area contributed by atoms with Gasteiger partial charge >= 0.3 is 5.95 Å². The third-order valence-electron chi connectivity index (χ3n) is 1.64. The smallest absolute Gasteiger partial charge is 0.390 e. The third-order valence-corrected chi connectivity index (χ3v) is 1.64. The summed E-state index contributed by atoms with van der Waals surface area (Å²) in [6.45, 7) is 0.743. The van der Waals surface area contributed by atoms with E-state index in [0.717, 1.165) is 12.3 Å². The number of rotatable bonds is 3. The predicted molar refractivity (Wildman–Crippen MR) is 38.7 cm³/mol. The van der Waals surface area contributed by atoms with E-state index in [1.54, 1.807) is 0 Å². The molecular formula is C6H7N3O3. The zero-order chi connectivity index (χ0) is 8.55. The van der Waals surface area contributed by atoms with Gasteiger partial charge in [0.25, 0.3) is 0 Å². The zero-order valence-corrected chi connectivity index (χ0v) is 6.19. The molecule has 2 rings (SSSR count). The molecule has 1 N–H and O–H groups in total. The minimum atomic E-state index is -0.544. The molecule has 0 amide bonds. The summed E-state index contributed by atoms with van der Waals surface area (Å²) in [6, 6.07) is 0. The second-order valence-corrected chi connectivity index (χ2v) is 2.65. The topological polar surface area (TPSA) is 84.3 Å². The van der Waals surface area contributed by atoms with Crippen molar-refractivity contribution in [1.82, 2.24) is 9.97 Å². The Labute approximate surface area is 67.7 Å². The third kappa shape index (κ3) is 1.42. The summed E-state index contributed by atoms with van der Waals surface area (Å²) in [5.41, 5.74) is 0.754. The monoisotopic (exact) mass is 169 g/mol. The number of epoxide rings is 1. The van der Waals surface area contributed by atoms with Gasteiger partial charge in [-0.15, -0.1) is 0 Å². The summed E-state index contributed by atoms with van der Waals surface area (Å²) in [7, 11) is 0. The lowest BCUT2D eigenvalue weighted by Crippen LogP contribution is -1.94. The van der Waals surface area contributed by atoms with Crippen LogP contribution in [0.4, 0.5) is 5.95 Å². The van der Waals surface area contributed by atoms with Crippen molar-refractivity contribution in [2.24, 2.45) is 0 Å². The maximum atomic E-state index is 10.2. The molecule has 1 aromatic heterocycles. The van der Waals surface area contributed by atoms with Crippen LogP contribution >= 0.6 is 0 Å². The lowest BCUT2D eigenvalue weighted by molar-refractivity contribution is -0.393. The Morgan fingerprint density at radius 1 is 1.92 bits per heavy atom. The fourth-order valence-electron chi connectivity index (χ4n) is 0.975. The summed E-state index contributed by atoms with van der Waals surface area (Å²) < 4.78 is 4.96. The van der Waals surface area contributed by atoms with Crippen LogP contribution in [0.15, 0.2) is 6.20 Å². The van der Waals surface area contributed by atoms with Gasteiger partial charge in [0.15, 0.2) is 0 Å². The Bertz CT molecular complexity index is 305. The Kier molecular flexibility index (Phi) is 1.54. The van der Waals surface area contributed by atoms with Crippen LogP contribution in [0.2, 0.25) is 0 Å². The summed E-state index contributed by atoms with van der Waals surface area (Å²) in [6.07, 6.45) is 2.38. The van der Waals surface area contributed by atoms with E-state index < -0.39 is 4.92 Å². The number of aromatic nitrogens is 2. The van der Waals surface area contributed by atoms with Gasteiger partial charge in [-0.05, 0) is 4.92 Å². The van der Waals surface area contributed by atoms with Crippen LogP contribution in [0.25, 0.3) is 0 Å². The van der Waals surface area contributed by atoms with Crippen molar-refractivity contribution in [1.29, 1.82) is 0 Å². The van der Waals surface area contributed by atoms with Gasteiger partial charge in [0.05, 0.1) is 12.7 Å². The van der Waals surface area contributed by atoms with Crippen LogP contribution in [0.5, 0.6) is 0 Å². The average molecular weight is 169 g/mol. The molecule has 0 aromatic carbocycles. The number of nitrogens with zero attached hydrogens (tertiary/aromatic N) is 2. The quantitative estimate of drug-likeness (QED) is 0.399. The van der Waals surface area contributed by atoms with Gasteiger partial charge in [0, 0.05) is 6.42 Å². The number of nitrogens with one attached hydrogen (secondary N) is 1. The number of hydrogen-bond donors (Lipinski definition) is 1. The molecule has 1 atom stereocenters. The van der Waals surface area contributed by atoms with Crippen LogP contribution < -0.4 is 0 Å². The van der Waals surface area contributed by atoms with Gasteiger partial charge in [-0.3, -0.25) is 0 Å². The van der Waals surface area contributed by atoms with Gasteiger partial charge in [-0.25, -0.2) is 4.98 Å². The first-order valence-corrected chi connectivity index (χ1v) is 3.55. The maximum absolute atomic E-state index is 10.2. The summed E-state index contributed by atoms with van der Waals surface area (Å²) in [4.78, 5) is 15.8. The lowest BCUT2D eigenvalue weighted by atomic mass is 10.3. The van der Waals surface area contributed by atoms with Crippen molar-refractivity contribution in [3.8, 4) is 0 Å². The van der Waals surface area contributed by atoms with E-state index in [1.807, 2.05) is 0 Å². The highest BCUT2D eigenvalue weighted by molar-refractivity contribution is 5.12. The Balaban J connectivity index is 2.06. The fraction of sp³-hybridized carbons (Fsp3) is 0.500. The molecule has 64 valence electrons. The van der Waals surface area contributed by atoms with E-state index in [4.69, 9.17) is 4.74 Å². The minimum Gasteiger partial charge on any atom is -0.390 e. The highest BCUT2D eigenvalue weighted by Crippen LogP contribution is 2.15. The predicted octanol–water partition coefficient (Wildman–Crippen LogP) is 0.259. The van der Waals surface area contributed by atoms with Gasteiger partial charge in [-0.1, -0.05) is 4.98 Å². The minimum absolute atomic E-state index is 0.203. The van der Waals surface area contributed by atoms with Crippen molar-refractivity contribution in [3.05, 3.63) is 22.0 Å². The molecule has 0 radical (unpaired) electrons. The number of ether oxygens (including phenoxy) is 1. The van der Waals surface area contributed by atoms with Crippen LogP contribution in [0.1, 0.15) is 5.69 Å². The highest BCUT2D eigenvalue weighted by atomic mass is 16.6. The van der Waals surface area contributed by atoms with Crippen molar-refractivity contribution in [2.45, 2.75) is 12.5 Å². The molecule has 1 saturated heterocycles. The molecule has 0 saturated carbocycles. The van der Waals surface area contributed by atoms with Gasteiger partial charge in [-0.2, -0.15) is 0 Å². The largest absolute Gasteiger partial charge is 0.432 e. The van der Waals surface area contributed by atoms with E-state index in [1.165, 1.54) is 6.20 Å². The van der Waals surface area contributed by atoms with Crippen molar-refractivity contribution in [2.75, 3.05) is 6.61 Å². The summed E-state index contributed by atoms with van der Waals surface area (Å²) >= 11 is 0. The number of aromatic amines is 1. The molecule has 12 heavy (non-hydrogen) atoms. The van der Waals surface area contributed by atoms with E-state index in [0.29, 0.717) is 6.42 Å². The first-order chi connectivity index (χ1) is 5.75. The standard InChI is InChI=1S/C6H7N3O3/c10-9(11)6-7-2-4(8-6)1-5-3-12-5/h2,5H,1,3H2,(H,7,8). The zero-order valence-electron chi connectivity index (χ0n) is 6.19. The van der Waals surface area contributed by atoms with Gasteiger partial charge in [0.1, 0.15) is 11.9 Å². The molecule has 2 heterocycles. The van der Waals surface area contributed by atoms with Crippen molar-refractivity contribution >= 4 is 5.95 Å². The molecule has 0 bridgehead atoms. The fourth-order valence-corrected chi connectivity index (χ4v) is 0.975. The number of hydrogen-bond acceptors (Lipinski definition) is 4. The Morgan fingerprint density at radius 2 is 2.67 bits per heavy atom. The molecular weight excluding hydrogens is 162 g/mol. The molecule has 1 aliphatic heterocycles. The van der Waals surface area contributed by atoms with Gasteiger partial charge < -0.3 is 14.9 Å². The molecule has 0 spiro atoms. The molecule has 1 fully saturated rings. The van der Waals surface area contributed by atoms with Crippen molar-refractivity contribution < 1.29 is 9.66 Å². The maximum Gasteiger partial charge on any atom is 0.432 e. The molecule has 1 unspecified atom stereocenters. The average Bonchev–Trinajstić information content (AvgIpc) is 2.66. The second kappa shape index (κ2) is 2.56. The molecule has 0 aliphatic carbocycles. The second-order valence-electron chi connectivity index (χ2n) is 2.65. The first-order valence-electron chi connectivity index (χ1n) is 3.55. The molecule has 1 aliphatic rings.